The number of nitrogens with zero attached hydrogens (tertiary/aromatic N) is 1. The van der Waals surface area contributed by atoms with Crippen LogP contribution >= 0.6 is 0 Å². The zero-order chi connectivity index (χ0) is 22.0. The lowest BCUT2D eigenvalue weighted by atomic mass is 9.85. The maximum absolute atomic E-state index is 12.1. The normalized spacial score (nSPS) is 15.7. The fraction of sp³-hybridized carbons (Fsp3) is 0.789. The van der Waals surface area contributed by atoms with E-state index in [0.29, 0.717) is 37.4 Å². The number of hydrogen-bond acceptors (Lipinski definition) is 9. The number of hydrogen-bond donors (Lipinski definition) is 2. The van der Waals surface area contributed by atoms with Crippen LogP contribution in [0, 0.1) is 16.7 Å². The van der Waals surface area contributed by atoms with Gasteiger partial charge in [0.1, 0.15) is 12.6 Å². The van der Waals surface area contributed by atoms with Gasteiger partial charge in [-0.2, -0.15) is 0 Å². The highest BCUT2D eigenvalue weighted by Crippen LogP contribution is 2.25. The molecular weight excluding hydrogens is 382 g/mol. The van der Waals surface area contributed by atoms with Gasteiger partial charge in [-0.25, -0.2) is 4.79 Å². The summed E-state index contributed by atoms with van der Waals surface area (Å²) in [6, 6.07) is -1.12. The van der Waals surface area contributed by atoms with Crippen molar-refractivity contribution in [2.75, 3.05) is 33.0 Å². The average molecular weight is 415 g/mol. The molecule has 29 heavy (non-hydrogen) atoms. The minimum absolute atomic E-state index is 0.0112. The minimum Gasteiger partial charge on any atom is -0.478 e. The maximum atomic E-state index is 12.1. The Labute approximate surface area is 171 Å². The van der Waals surface area contributed by atoms with E-state index in [0.717, 1.165) is 0 Å². The zero-order valence-electron chi connectivity index (χ0n) is 17.7. The van der Waals surface area contributed by atoms with Gasteiger partial charge in [0.25, 0.3) is 11.8 Å². The highest BCUT2D eigenvalue weighted by atomic mass is 16.7. The number of imide groups is 1. The third kappa shape index (κ3) is 8.88. The number of rotatable bonds is 13. The van der Waals surface area contributed by atoms with Crippen molar-refractivity contribution in [3.63, 3.8) is 0 Å². The van der Waals surface area contributed by atoms with Gasteiger partial charge >= 0.3 is 5.97 Å². The van der Waals surface area contributed by atoms with E-state index in [4.69, 9.17) is 30.2 Å². The van der Waals surface area contributed by atoms with Crippen molar-refractivity contribution in [2.45, 2.75) is 53.0 Å². The molecule has 1 unspecified atom stereocenters. The van der Waals surface area contributed by atoms with E-state index in [1.807, 2.05) is 0 Å². The molecule has 0 aromatic rings. The van der Waals surface area contributed by atoms with Crippen LogP contribution in [0.1, 0.15) is 47.0 Å². The summed E-state index contributed by atoms with van der Waals surface area (Å²) in [7, 11) is 0. The highest BCUT2D eigenvalue weighted by molar-refractivity contribution is 6.01. The molecule has 0 aliphatic carbocycles. The fourth-order valence-corrected chi connectivity index (χ4v) is 2.48. The van der Waals surface area contributed by atoms with Crippen molar-refractivity contribution in [1.29, 1.82) is 5.41 Å². The summed E-state index contributed by atoms with van der Waals surface area (Å²) in [6.45, 7) is 9.65. The van der Waals surface area contributed by atoms with E-state index in [1.165, 1.54) is 0 Å². The van der Waals surface area contributed by atoms with Crippen molar-refractivity contribution in [1.82, 2.24) is 5.06 Å². The van der Waals surface area contributed by atoms with Crippen molar-refractivity contribution in [2.24, 2.45) is 17.1 Å². The molecule has 1 rings (SSSR count). The van der Waals surface area contributed by atoms with Gasteiger partial charge in [-0.15, -0.1) is 5.06 Å². The molecule has 1 heterocycles. The van der Waals surface area contributed by atoms with E-state index in [2.05, 4.69) is 13.8 Å². The van der Waals surface area contributed by atoms with E-state index < -0.39 is 29.2 Å². The van der Waals surface area contributed by atoms with E-state index in [-0.39, 0.29) is 31.8 Å². The second-order valence-electron chi connectivity index (χ2n) is 7.95. The second kappa shape index (κ2) is 11.8. The molecule has 1 fully saturated rings. The van der Waals surface area contributed by atoms with Gasteiger partial charge < -0.3 is 24.8 Å². The largest absolute Gasteiger partial charge is 0.478 e. The Bertz CT molecular complexity index is 576. The van der Waals surface area contributed by atoms with Crippen LogP contribution in [0.3, 0.4) is 0 Å². The van der Waals surface area contributed by atoms with Crippen molar-refractivity contribution >= 4 is 23.7 Å². The number of ether oxygens (including phenoxy) is 3. The molecule has 2 amide bonds. The predicted octanol–water partition coefficient (Wildman–Crippen LogP) is 1.02. The Morgan fingerprint density at radius 2 is 1.66 bits per heavy atom. The Morgan fingerprint density at radius 1 is 1.10 bits per heavy atom. The molecular formula is C19H33N3O7. The molecule has 1 saturated heterocycles. The third-order valence-electron chi connectivity index (χ3n) is 4.13. The van der Waals surface area contributed by atoms with E-state index in [1.54, 1.807) is 13.8 Å². The van der Waals surface area contributed by atoms with Crippen LogP contribution < -0.4 is 5.73 Å². The maximum Gasteiger partial charge on any atom is 0.349 e. The molecule has 0 spiro atoms. The quantitative estimate of drug-likeness (QED) is 0.197. The number of carbonyl (C=O) groups is 3. The first-order chi connectivity index (χ1) is 13.5. The molecule has 1 aliphatic rings. The lowest BCUT2D eigenvalue weighted by Gasteiger charge is -2.27. The standard InChI is InChI=1S/C19H33N3O7/c1-13(2)12-27-8-7-26-9-10-28-18(21)19(3,4)11-14(20)17(25)29-22-15(23)5-6-16(22)24/h13-14,21H,5-12,20H2,1-4H3. The number of hydroxylamine groups is 2. The summed E-state index contributed by atoms with van der Waals surface area (Å²) in [4.78, 5) is 39.9. The minimum atomic E-state index is -1.12. The van der Waals surface area contributed by atoms with Gasteiger partial charge in [0.15, 0.2) is 5.90 Å². The van der Waals surface area contributed by atoms with Gasteiger partial charge in [0, 0.05) is 24.9 Å². The Kier molecular flexibility index (Phi) is 10.2. The SMILES string of the molecule is CC(C)COCCOCCOC(=N)C(C)(C)CC(N)C(=O)ON1C(=O)CCC1=O. The van der Waals surface area contributed by atoms with Gasteiger partial charge in [-0.1, -0.05) is 27.7 Å². The van der Waals surface area contributed by atoms with Gasteiger partial charge in [-0.05, 0) is 12.3 Å². The van der Waals surface area contributed by atoms with Gasteiger partial charge in [0.05, 0.1) is 19.8 Å². The lowest BCUT2D eigenvalue weighted by molar-refractivity contribution is -0.198. The molecule has 0 saturated carbocycles. The second-order valence-corrected chi connectivity index (χ2v) is 7.95. The lowest BCUT2D eigenvalue weighted by Crippen LogP contribution is -2.44. The van der Waals surface area contributed by atoms with Crippen LogP contribution in [0.25, 0.3) is 0 Å². The van der Waals surface area contributed by atoms with Crippen LogP contribution in [0.4, 0.5) is 0 Å². The molecule has 0 aromatic heterocycles. The summed E-state index contributed by atoms with van der Waals surface area (Å²) in [5, 5.41) is 8.54. The Balaban J connectivity index is 2.29. The predicted molar refractivity (Wildman–Crippen MR) is 104 cm³/mol. The molecule has 0 aromatic carbocycles. The summed E-state index contributed by atoms with van der Waals surface area (Å²) in [5.74, 6) is -1.62. The number of nitrogens with one attached hydrogen (secondary N) is 1. The van der Waals surface area contributed by atoms with Crippen molar-refractivity contribution in [3.05, 3.63) is 0 Å². The Morgan fingerprint density at radius 3 is 2.24 bits per heavy atom. The topological polar surface area (TPSA) is 141 Å². The summed E-state index contributed by atoms with van der Waals surface area (Å²) < 4.78 is 16.2. The molecule has 1 aliphatic heterocycles. The molecule has 10 nitrogen and oxygen atoms in total. The number of carbonyl (C=O) groups excluding carboxylic acids is 3. The fourth-order valence-electron chi connectivity index (χ4n) is 2.48. The first-order valence-corrected chi connectivity index (χ1v) is 9.75. The number of amides is 2. The highest BCUT2D eigenvalue weighted by Gasteiger charge is 2.36. The van der Waals surface area contributed by atoms with E-state index in [9.17, 15) is 14.4 Å². The first kappa shape index (κ1) is 25.0. The molecule has 1 atom stereocenters. The average Bonchev–Trinajstić information content (AvgIpc) is 2.94. The summed E-state index contributed by atoms with van der Waals surface area (Å²) in [6.07, 6.45) is 0.0687. The van der Waals surface area contributed by atoms with Crippen LogP contribution in [-0.4, -0.2) is 67.8 Å². The smallest absolute Gasteiger partial charge is 0.349 e. The Hall–Kier alpha value is -2.04. The number of nitrogens with two attached hydrogens (primary N) is 1. The van der Waals surface area contributed by atoms with Crippen LogP contribution in [-0.2, 0) is 33.4 Å². The van der Waals surface area contributed by atoms with Crippen molar-refractivity contribution < 1.29 is 33.4 Å². The summed E-state index contributed by atoms with van der Waals surface area (Å²) in [5.41, 5.74) is 4.99. The molecule has 3 N–H and O–H groups in total. The third-order valence-corrected chi connectivity index (χ3v) is 4.13. The zero-order valence-corrected chi connectivity index (χ0v) is 17.7. The first-order valence-electron chi connectivity index (χ1n) is 9.75. The van der Waals surface area contributed by atoms with Crippen molar-refractivity contribution in [3.8, 4) is 0 Å². The molecule has 10 heteroatoms. The molecule has 0 bridgehead atoms. The van der Waals surface area contributed by atoms with E-state index >= 15 is 0 Å². The molecule has 166 valence electrons. The van der Waals surface area contributed by atoms with Crippen LogP contribution in [0.2, 0.25) is 0 Å². The van der Waals surface area contributed by atoms with Crippen LogP contribution in [0.5, 0.6) is 0 Å². The van der Waals surface area contributed by atoms with Gasteiger partial charge in [-0.3, -0.25) is 15.0 Å². The molecule has 0 radical (unpaired) electrons. The van der Waals surface area contributed by atoms with Crippen LogP contribution in [0.15, 0.2) is 0 Å². The van der Waals surface area contributed by atoms with Gasteiger partial charge in [0.2, 0.25) is 0 Å². The summed E-state index contributed by atoms with van der Waals surface area (Å²) >= 11 is 0. The monoisotopic (exact) mass is 415 g/mol.